The van der Waals surface area contributed by atoms with Crippen molar-refractivity contribution in [3.63, 3.8) is 0 Å². The van der Waals surface area contributed by atoms with Crippen LogP contribution in [0.1, 0.15) is 42.4 Å². The Morgan fingerprint density at radius 1 is 1.15 bits per heavy atom. The van der Waals surface area contributed by atoms with Crippen molar-refractivity contribution >= 4 is 42.4 Å². The van der Waals surface area contributed by atoms with Crippen molar-refractivity contribution in [2.75, 3.05) is 23.8 Å². The van der Waals surface area contributed by atoms with Gasteiger partial charge in [0.2, 0.25) is 5.91 Å². The Morgan fingerprint density at radius 3 is 2.61 bits per heavy atom. The van der Waals surface area contributed by atoms with Crippen LogP contribution in [0.25, 0.3) is 10.2 Å². The normalized spacial score (nSPS) is 16.4. The van der Waals surface area contributed by atoms with Crippen LogP contribution < -0.4 is 4.90 Å². The van der Waals surface area contributed by atoms with Gasteiger partial charge in [0.1, 0.15) is 0 Å². The highest BCUT2D eigenvalue weighted by atomic mass is 32.2. The number of sulfone groups is 1. The molecule has 1 aliphatic heterocycles. The molecule has 1 amide bonds. The van der Waals surface area contributed by atoms with Gasteiger partial charge in [-0.25, -0.2) is 13.4 Å². The smallest absolute Gasteiger partial charge is 0.228 e. The zero-order valence-corrected chi connectivity index (χ0v) is 21.0. The molecule has 2 aromatic carbocycles. The molecule has 1 unspecified atom stereocenters. The molecule has 1 fully saturated rings. The zero-order valence-electron chi connectivity index (χ0n) is 19.3. The SMILES string of the molecule is Cc1ccc(S(=O)(=O)CCCC(=O)N(CC2CCCO2)c2nc3c(C)c(C)ccc3s2)cc1. The first-order valence-electron chi connectivity index (χ1n) is 11.3. The second-order valence-electron chi connectivity index (χ2n) is 8.73. The van der Waals surface area contributed by atoms with Crippen molar-refractivity contribution in [1.29, 1.82) is 0 Å². The van der Waals surface area contributed by atoms with Crippen LogP contribution in [0.15, 0.2) is 41.3 Å². The first kappa shape index (κ1) is 23.9. The van der Waals surface area contributed by atoms with Gasteiger partial charge in [0.05, 0.1) is 33.5 Å². The Bertz CT molecular complexity index is 1240. The maximum Gasteiger partial charge on any atom is 0.228 e. The van der Waals surface area contributed by atoms with E-state index < -0.39 is 9.84 Å². The number of rotatable bonds is 8. The van der Waals surface area contributed by atoms with Crippen molar-refractivity contribution in [2.24, 2.45) is 0 Å². The van der Waals surface area contributed by atoms with Gasteiger partial charge in [-0.15, -0.1) is 0 Å². The summed E-state index contributed by atoms with van der Waals surface area (Å²) >= 11 is 1.50. The Morgan fingerprint density at radius 2 is 1.91 bits per heavy atom. The van der Waals surface area contributed by atoms with Crippen molar-refractivity contribution in [3.05, 3.63) is 53.1 Å². The second kappa shape index (κ2) is 9.91. The highest BCUT2D eigenvalue weighted by molar-refractivity contribution is 7.91. The summed E-state index contributed by atoms with van der Waals surface area (Å²) in [5, 5.41) is 0.653. The van der Waals surface area contributed by atoms with Crippen LogP contribution in [0.2, 0.25) is 0 Å². The molecule has 0 saturated carbocycles. The maximum absolute atomic E-state index is 13.3. The molecule has 2 heterocycles. The molecule has 176 valence electrons. The van der Waals surface area contributed by atoms with Gasteiger partial charge in [-0.05, 0) is 69.4 Å². The minimum atomic E-state index is -3.42. The monoisotopic (exact) mass is 486 g/mol. The Labute approximate surface area is 199 Å². The molecular weight excluding hydrogens is 456 g/mol. The van der Waals surface area contributed by atoms with Gasteiger partial charge >= 0.3 is 0 Å². The number of ether oxygens (including phenoxy) is 1. The zero-order chi connectivity index (χ0) is 23.6. The molecule has 1 aliphatic rings. The highest BCUT2D eigenvalue weighted by Crippen LogP contribution is 2.33. The first-order valence-corrected chi connectivity index (χ1v) is 13.8. The number of hydrogen-bond acceptors (Lipinski definition) is 6. The summed E-state index contributed by atoms with van der Waals surface area (Å²) in [6.45, 7) is 7.17. The Kier molecular flexibility index (Phi) is 7.16. The van der Waals surface area contributed by atoms with Crippen LogP contribution in [0.4, 0.5) is 5.13 Å². The summed E-state index contributed by atoms with van der Waals surface area (Å²) in [5.74, 6) is -0.175. The fourth-order valence-electron chi connectivity index (χ4n) is 4.02. The van der Waals surface area contributed by atoms with Crippen LogP contribution in [-0.4, -0.2) is 44.3 Å². The summed E-state index contributed by atoms with van der Waals surface area (Å²) < 4.78 is 32.2. The number of fused-ring (bicyclic) bond motifs is 1. The van der Waals surface area contributed by atoms with E-state index in [4.69, 9.17) is 9.72 Å². The molecular formula is C25H30N2O4S2. The number of aromatic nitrogens is 1. The summed E-state index contributed by atoms with van der Waals surface area (Å²) in [6, 6.07) is 10.9. The third kappa shape index (κ3) is 5.45. The summed E-state index contributed by atoms with van der Waals surface area (Å²) in [6.07, 6.45) is 2.29. The van der Waals surface area contributed by atoms with Crippen molar-refractivity contribution in [3.8, 4) is 0 Å². The maximum atomic E-state index is 13.3. The van der Waals surface area contributed by atoms with E-state index in [1.807, 2.05) is 19.9 Å². The number of thiazole rings is 1. The van der Waals surface area contributed by atoms with Gasteiger partial charge in [0.15, 0.2) is 15.0 Å². The molecule has 1 atom stereocenters. The van der Waals surface area contributed by atoms with Crippen LogP contribution in [0.3, 0.4) is 0 Å². The number of benzene rings is 2. The Hall–Kier alpha value is -2.29. The average molecular weight is 487 g/mol. The molecule has 4 rings (SSSR count). The fourth-order valence-corrected chi connectivity index (χ4v) is 6.38. The number of carbonyl (C=O) groups is 1. The standard InChI is InChI=1S/C25H30N2O4S2/c1-17-8-11-21(12-9-17)33(29,30)15-5-7-23(28)27(16-20-6-4-14-31-20)25-26-24-19(3)18(2)10-13-22(24)32-25/h8-13,20H,4-7,14-16H2,1-3H3. The quantitative estimate of drug-likeness (QED) is 0.448. The molecule has 0 bridgehead atoms. The van der Waals surface area contributed by atoms with Gasteiger partial charge < -0.3 is 4.74 Å². The van der Waals surface area contributed by atoms with Gasteiger partial charge in [0.25, 0.3) is 0 Å². The molecule has 1 aromatic heterocycles. The molecule has 0 aliphatic carbocycles. The second-order valence-corrected chi connectivity index (χ2v) is 11.8. The van der Waals surface area contributed by atoms with Gasteiger partial charge in [-0.1, -0.05) is 35.1 Å². The number of carbonyl (C=O) groups excluding carboxylic acids is 1. The van der Waals surface area contributed by atoms with Crippen molar-refractivity contribution in [1.82, 2.24) is 4.98 Å². The lowest BCUT2D eigenvalue weighted by molar-refractivity contribution is -0.119. The van der Waals surface area contributed by atoms with E-state index in [1.165, 1.54) is 11.3 Å². The molecule has 1 saturated heterocycles. The largest absolute Gasteiger partial charge is 0.376 e. The van der Waals surface area contributed by atoms with E-state index in [0.29, 0.717) is 23.2 Å². The van der Waals surface area contributed by atoms with Crippen molar-refractivity contribution < 1.29 is 17.9 Å². The highest BCUT2D eigenvalue weighted by Gasteiger charge is 2.27. The molecule has 8 heteroatoms. The molecule has 3 aromatic rings. The van der Waals surface area contributed by atoms with Crippen LogP contribution in [-0.2, 0) is 19.4 Å². The topological polar surface area (TPSA) is 76.6 Å². The van der Waals surface area contributed by atoms with E-state index in [9.17, 15) is 13.2 Å². The summed E-state index contributed by atoms with van der Waals surface area (Å²) in [7, 11) is -3.42. The molecule has 33 heavy (non-hydrogen) atoms. The van der Waals surface area contributed by atoms with E-state index in [2.05, 4.69) is 13.0 Å². The summed E-state index contributed by atoms with van der Waals surface area (Å²) in [5.41, 5.74) is 4.21. The first-order chi connectivity index (χ1) is 15.7. The summed E-state index contributed by atoms with van der Waals surface area (Å²) in [4.78, 5) is 20.1. The number of hydrogen-bond donors (Lipinski definition) is 0. The number of anilines is 1. The van der Waals surface area contributed by atoms with Crippen LogP contribution >= 0.6 is 11.3 Å². The predicted octanol–water partition coefficient (Wildman–Crippen LogP) is 4.99. The third-order valence-corrected chi connectivity index (χ3v) is 9.06. The lowest BCUT2D eigenvalue weighted by atomic mass is 10.1. The minimum Gasteiger partial charge on any atom is -0.376 e. The van der Waals surface area contributed by atoms with E-state index in [1.54, 1.807) is 29.2 Å². The molecule has 0 N–H and O–H groups in total. The Balaban J connectivity index is 1.50. The van der Waals surface area contributed by atoms with Gasteiger partial charge in [-0.2, -0.15) is 0 Å². The number of amides is 1. The van der Waals surface area contributed by atoms with Crippen LogP contribution in [0.5, 0.6) is 0 Å². The third-order valence-electron chi connectivity index (χ3n) is 6.20. The van der Waals surface area contributed by atoms with Gasteiger partial charge in [0, 0.05) is 13.0 Å². The lowest BCUT2D eigenvalue weighted by Crippen LogP contribution is -2.37. The molecule has 0 spiro atoms. The van der Waals surface area contributed by atoms with E-state index in [-0.39, 0.29) is 30.6 Å². The fraction of sp³-hybridized carbons (Fsp3) is 0.440. The van der Waals surface area contributed by atoms with Gasteiger partial charge in [-0.3, -0.25) is 9.69 Å². The van der Waals surface area contributed by atoms with E-state index >= 15 is 0 Å². The van der Waals surface area contributed by atoms with Crippen molar-refractivity contribution in [2.45, 2.75) is 57.5 Å². The molecule has 6 nitrogen and oxygen atoms in total. The average Bonchev–Trinajstić information content (AvgIpc) is 3.45. The van der Waals surface area contributed by atoms with Crippen LogP contribution in [0, 0.1) is 20.8 Å². The lowest BCUT2D eigenvalue weighted by Gasteiger charge is -2.23. The number of aryl methyl sites for hydroxylation is 3. The molecule has 0 radical (unpaired) electrons. The number of nitrogens with zero attached hydrogens (tertiary/aromatic N) is 2. The van der Waals surface area contributed by atoms with E-state index in [0.717, 1.165) is 39.7 Å². The minimum absolute atomic E-state index is 0.0138. The predicted molar refractivity (Wildman–Crippen MR) is 133 cm³/mol.